The molecule has 1 atom stereocenters. The monoisotopic (exact) mass is 226 g/mol. The first-order valence-corrected chi connectivity index (χ1v) is 5.47. The summed E-state index contributed by atoms with van der Waals surface area (Å²) < 4.78 is 18.4. The summed E-state index contributed by atoms with van der Waals surface area (Å²) >= 11 is 0. The lowest BCUT2D eigenvalue weighted by Crippen LogP contribution is -2.37. The quantitative estimate of drug-likeness (QED) is 0.805. The Bertz CT molecular complexity index is 318. The molecule has 0 saturated heterocycles. The molecule has 1 heterocycles. The summed E-state index contributed by atoms with van der Waals surface area (Å²) in [5.74, 6) is 0.168. The highest BCUT2D eigenvalue weighted by atomic mass is 19.1. The van der Waals surface area contributed by atoms with Crippen molar-refractivity contribution in [2.24, 2.45) is 5.92 Å². The predicted molar refractivity (Wildman–Crippen MR) is 61.5 cm³/mol. The lowest BCUT2D eigenvalue weighted by atomic mass is 10.1. The van der Waals surface area contributed by atoms with Crippen molar-refractivity contribution >= 4 is 0 Å². The molecule has 16 heavy (non-hydrogen) atoms. The highest BCUT2D eigenvalue weighted by Crippen LogP contribution is 2.06. The first-order valence-electron chi connectivity index (χ1n) is 5.47. The Hall–Kier alpha value is -1.00. The molecule has 0 radical (unpaired) electrons. The fourth-order valence-electron chi connectivity index (χ4n) is 1.44. The molecule has 0 bridgehead atoms. The van der Waals surface area contributed by atoms with Crippen LogP contribution in [-0.2, 0) is 11.3 Å². The zero-order valence-electron chi connectivity index (χ0n) is 10.0. The molecule has 90 valence electrons. The molecule has 1 aromatic rings. The number of nitrogens with one attached hydrogen (secondary N) is 1. The van der Waals surface area contributed by atoms with E-state index in [1.165, 1.54) is 6.07 Å². The minimum Gasteiger partial charge on any atom is -0.383 e. The smallest absolute Gasteiger partial charge is 0.146 e. The number of aromatic nitrogens is 1. The molecular formula is C12H19FN2O. The normalized spacial score (nSPS) is 13.1. The van der Waals surface area contributed by atoms with Gasteiger partial charge in [-0.25, -0.2) is 4.39 Å². The van der Waals surface area contributed by atoms with E-state index in [9.17, 15) is 4.39 Å². The third kappa shape index (κ3) is 3.87. The molecule has 1 rings (SSSR count). The molecule has 0 aliphatic carbocycles. The van der Waals surface area contributed by atoms with Crippen molar-refractivity contribution in [3.8, 4) is 0 Å². The van der Waals surface area contributed by atoms with Gasteiger partial charge in [0.2, 0.25) is 0 Å². The van der Waals surface area contributed by atoms with Crippen molar-refractivity contribution in [1.29, 1.82) is 0 Å². The van der Waals surface area contributed by atoms with E-state index >= 15 is 0 Å². The minimum absolute atomic E-state index is 0.214. The largest absolute Gasteiger partial charge is 0.383 e. The van der Waals surface area contributed by atoms with E-state index in [0.29, 0.717) is 24.8 Å². The average molecular weight is 226 g/mol. The lowest BCUT2D eigenvalue weighted by Gasteiger charge is -2.21. The van der Waals surface area contributed by atoms with Gasteiger partial charge in [0, 0.05) is 25.9 Å². The van der Waals surface area contributed by atoms with E-state index in [1.54, 1.807) is 19.4 Å². The number of ether oxygens (including phenoxy) is 1. The molecule has 1 unspecified atom stereocenters. The number of nitrogens with zero attached hydrogens (tertiary/aromatic N) is 1. The van der Waals surface area contributed by atoms with Gasteiger partial charge in [-0.1, -0.05) is 13.8 Å². The predicted octanol–water partition coefficient (Wildman–Crippen LogP) is 1.98. The molecule has 4 heteroatoms. The standard InChI is InChI=1S/C12H19FN2O/c1-9(2)12(8-16-3)15-7-11-10(13)5-4-6-14-11/h4-6,9,12,15H,7-8H2,1-3H3. The summed E-state index contributed by atoms with van der Waals surface area (Å²) in [5, 5.41) is 3.25. The molecule has 0 aliphatic rings. The first kappa shape index (κ1) is 13.1. The average Bonchev–Trinajstić information content (AvgIpc) is 2.26. The van der Waals surface area contributed by atoms with Gasteiger partial charge in [-0.05, 0) is 18.1 Å². The summed E-state index contributed by atoms with van der Waals surface area (Å²) in [6, 6.07) is 3.23. The lowest BCUT2D eigenvalue weighted by molar-refractivity contribution is 0.146. The molecular weight excluding hydrogens is 207 g/mol. The highest BCUT2D eigenvalue weighted by molar-refractivity contribution is 5.06. The van der Waals surface area contributed by atoms with Crippen molar-refractivity contribution in [2.45, 2.75) is 26.4 Å². The number of halogens is 1. The maximum atomic E-state index is 13.3. The second-order valence-corrected chi connectivity index (χ2v) is 4.12. The van der Waals surface area contributed by atoms with Crippen molar-refractivity contribution in [2.75, 3.05) is 13.7 Å². The van der Waals surface area contributed by atoms with Gasteiger partial charge in [0.05, 0.1) is 12.3 Å². The second-order valence-electron chi connectivity index (χ2n) is 4.12. The van der Waals surface area contributed by atoms with Crippen LogP contribution in [0.3, 0.4) is 0 Å². The van der Waals surface area contributed by atoms with E-state index in [-0.39, 0.29) is 11.9 Å². The third-order valence-corrected chi connectivity index (χ3v) is 2.52. The Labute approximate surface area is 96.0 Å². The Morgan fingerprint density at radius 1 is 1.50 bits per heavy atom. The summed E-state index contributed by atoms with van der Waals surface area (Å²) in [4.78, 5) is 3.99. The third-order valence-electron chi connectivity index (χ3n) is 2.52. The molecule has 0 spiro atoms. The van der Waals surface area contributed by atoms with E-state index in [4.69, 9.17) is 4.74 Å². The van der Waals surface area contributed by atoms with Crippen LogP contribution in [0.15, 0.2) is 18.3 Å². The Morgan fingerprint density at radius 3 is 2.81 bits per heavy atom. The maximum absolute atomic E-state index is 13.3. The Kier molecular flexibility index (Phi) is 5.35. The van der Waals surface area contributed by atoms with Crippen LogP contribution in [0.25, 0.3) is 0 Å². The van der Waals surface area contributed by atoms with Gasteiger partial charge >= 0.3 is 0 Å². The Balaban J connectivity index is 2.52. The van der Waals surface area contributed by atoms with E-state index in [2.05, 4.69) is 24.1 Å². The zero-order chi connectivity index (χ0) is 12.0. The van der Waals surface area contributed by atoms with Crippen LogP contribution in [0.5, 0.6) is 0 Å². The van der Waals surface area contributed by atoms with Crippen LogP contribution in [-0.4, -0.2) is 24.7 Å². The van der Waals surface area contributed by atoms with Gasteiger partial charge in [0.25, 0.3) is 0 Å². The second kappa shape index (κ2) is 6.55. The summed E-state index contributed by atoms with van der Waals surface area (Å²) in [6.07, 6.45) is 1.60. The SMILES string of the molecule is COCC(NCc1ncccc1F)C(C)C. The van der Waals surface area contributed by atoms with Gasteiger partial charge in [-0.2, -0.15) is 0 Å². The summed E-state index contributed by atoms with van der Waals surface area (Å²) in [5.41, 5.74) is 0.448. The molecule has 0 amide bonds. The van der Waals surface area contributed by atoms with Gasteiger partial charge in [0.1, 0.15) is 5.82 Å². The van der Waals surface area contributed by atoms with Crippen molar-refractivity contribution in [3.05, 3.63) is 29.8 Å². The summed E-state index contributed by atoms with van der Waals surface area (Å²) in [7, 11) is 1.67. The van der Waals surface area contributed by atoms with Gasteiger partial charge in [-0.3, -0.25) is 4.98 Å². The maximum Gasteiger partial charge on any atom is 0.146 e. The van der Waals surface area contributed by atoms with Gasteiger partial charge in [-0.15, -0.1) is 0 Å². The molecule has 1 aromatic heterocycles. The van der Waals surface area contributed by atoms with Gasteiger partial charge < -0.3 is 10.1 Å². The molecule has 3 nitrogen and oxygen atoms in total. The number of methoxy groups -OCH3 is 1. The molecule has 0 saturated carbocycles. The van der Waals surface area contributed by atoms with Gasteiger partial charge in [0.15, 0.2) is 0 Å². The number of pyridine rings is 1. The van der Waals surface area contributed by atoms with Crippen molar-refractivity contribution in [1.82, 2.24) is 10.3 Å². The Morgan fingerprint density at radius 2 is 2.25 bits per heavy atom. The fraction of sp³-hybridized carbons (Fsp3) is 0.583. The first-order chi connectivity index (χ1) is 7.65. The number of hydrogen-bond acceptors (Lipinski definition) is 3. The molecule has 1 N–H and O–H groups in total. The van der Waals surface area contributed by atoms with Crippen LogP contribution >= 0.6 is 0 Å². The summed E-state index contributed by atoms with van der Waals surface area (Å²) in [6.45, 7) is 5.25. The van der Waals surface area contributed by atoms with Crippen molar-refractivity contribution in [3.63, 3.8) is 0 Å². The number of hydrogen-bond donors (Lipinski definition) is 1. The van der Waals surface area contributed by atoms with Crippen molar-refractivity contribution < 1.29 is 9.13 Å². The van der Waals surface area contributed by atoms with Crippen LogP contribution < -0.4 is 5.32 Å². The van der Waals surface area contributed by atoms with Crippen LogP contribution in [0.4, 0.5) is 4.39 Å². The van der Waals surface area contributed by atoms with Crippen LogP contribution in [0, 0.1) is 11.7 Å². The molecule has 0 fully saturated rings. The van der Waals surface area contributed by atoms with Crippen LogP contribution in [0.2, 0.25) is 0 Å². The number of rotatable bonds is 6. The molecule has 0 aliphatic heterocycles. The topological polar surface area (TPSA) is 34.1 Å². The van der Waals surface area contributed by atoms with E-state index < -0.39 is 0 Å². The van der Waals surface area contributed by atoms with Crippen LogP contribution in [0.1, 0.15) is 19.5 Å². The van der Waals surface area contributed by atoms with E-state index in [1.807, 2.05) is 0 Å². The minimum atomic E-state index is -0.269. The molecule has 0 aromatic carbocycles. The highest BCUT2D eigenvalue weighted by Gasteiger charge is 2.13. The van der Waals surface area contributed by atoms with E-state index in [0.717, 1.165) is 0 Å². The fourth-order valence-corrected chi connectivity index (χ4v) is 1.44. The zero-order valence-corrected chi connectivity index (χ0v) is 10.0.